The van der Waals surface area contributed by atoms with E-state index in [0.717, 1.165) is 23.6 Å². The molecule has 0 unspecified atom stereocenters. The molecule has 17 heavy (non-hydrogen) atoms. The number of halogens is 1. The number of esters is 1. The second-order valence-corrected chi connectivity index (χ2v) is 4.29. The summed E-state index contributed by atoms with van der Waals surface area (Å²) in [4.78, 5) is 13.3. The zero-order valence-electron chi connectivity index (χ0n) is 10.3. The standard InChI is InChI=1S/C13H18ClNO2/c1-3-8-15(10-13(16)17-2)9-11-6-4-5-7-12(11)14/h4-7H,3,8-10H2,1-2H3. The van der Waals surface area contributed by atoms with Gasteiger partial charge in [-0.1, -0.05) is 36.7 Å². The van der Waals surface area contributed by atoms with Gasteiger partial charge in [0.1, 0.15) is 0 Å². The molecule has 3 nitrogen and oxygen atoms in total. The lowest BCUT2D eigenvalue weighted by Gasteiger charge is -2.20. The first-order chi connectivity index (χ1) is 8.17. The summed E-state index contributed by atoms with van der Waals surface area (Å²) >= 11 is 6.10. The Morgan fingerprint density at radius 1 is 1.41 bits per heavy atom. The van der Waals surface area contributed by atoms with Crippen LogP contribution in [0.3, 0.4) is 0 Å². The number of rotatable bonds is 6. The third kappa shape index (κ3) is 4.75. The first-order valence-electron chi connectivity index (χ1n) is 5.70. The normalized spacial score (nSPS) is 10.6. The van der Waals surface area contributed by atoms with Crippen LogP contribution in [0.4, 0.5) is 0 Å². The minimum absolute atomic E-state index is 0.217. The highest BCUT2D eigenvalue weighted by Crippen LogP contribution is 2.17. The van der Waals surface area contributed by atoms with Crippen molar-refractivity contribution in [3.8, 4) is 0 Å². The van der Waals surface area contributed by atoms with Crippen molar-refractivity contribution in [1.29, 1.82) is 0 Å². The average molecular weight is 256 g/mol. The molecule has 0 spiro atoms. The Hall–Kier alpha value is -1.06. The SMILES string of the molecule is CCCN(CC(=O)OC)Cc1ccccc1Cl. The van der Waals surface area contributed by atoms with Gasteiger partial charge < -0.3 is 4.74 Å². The van der Waals surface area contributed by atoms with E-state index in [9.17, 15) is 4.79 Å². The van der Waals surface area contributed by atoms with Crippen molar-refractivity contribution in [2.75, 3.05) is 20.2 Å². The molecule has 0 bridgehead atoms. The minimum atomic E-state index is -0.217. The molecule has 4 heteroatoms. The summed E-state index contributed by atoms with van der Waals surface area (Å²) in [5.74, 6) is -0.217. The zero-order valence-corrected chi connectivity index (χ0v) is 11.0. The van der Waals surface area contributed by atoms with Gasteiger partial charge in [-0.05, 0) is 24.6 Å². The molecule has 1 aromatic rings. The number of carbonyl (C=O) groups excluding carboxylic acids is 1. The van der Waals surface area contributed by atoms with Gasteiger partial charge >= 0.3 is 5.97 Å². The molecular weight excluding hydrogens is 238 g/mol. The fourth-order valence-corrected chi connectivity index (χ4v) is 1.84. The van der Waals surface area contributed by atoms with E-state index in [1.165, 1.54) is 7.11 Å². The Balaban J connectivity index is 2.66. The quantitative estimate of drug-likeness (QED) is 0.732. The third-order valence-corrected chi connectivity index (χ3v) is 2.84. The largest absolute Gasteiger partial charge is 0.468 e. The van der Waals surface area contributed by atoms with E-state index < -0.39 is 0 Å². The van der Waals surface area contributed by atoms with E-state index in [0.29, 0.717) is 13.1 Å². The fraction of sp³-hybridized carbons (Fsp3) is 0.462. The van der Waals surface area contributed by atoms with Gasteiger partial charge in [-0.3, -0.25) is 9.69 Å². The predicted octanol–water partition coefficient (Wildman–Crippen LogP) is 2.73. The van der Waals surface area contributed by atoms with Gasteiger partial charge in [-0.15, -0.1) is 0 Å². The van der Waals surface area contributed by atoms with Crippen LogP contribution in [0.15, 0.2) is 24.3 Å². The summed E-state index contributed by atoms with van der Waals surface area (Å²) in [6.07, 6.45) is 0.988. The van der Waals surface area contributed by atoms with Crippen LogP contribution in [0, 0.1) is 0 Å². The maximum absolute atomic E-state index is 11.3. The van der Waals surface area contributed by atoms with E-state index in [1.54, 1.807) is 0 Å². The third-order valence-electron chi connectivity index (χ3n) is 2.47. The summed E-state index contributed by atoms with van der Waals surface area (Å²) in [6, 6.07) is 7.68. The van der Waals surface area contributed by atoms with Crippen molar-refractivity contribution in [2.24, 2.45) is 0 Å². The molecule has 94 valence electrons. The molecule has 0 amide bonds. The second-order valence-electron chi connectivity index (χ2n) is 3.88. The first-order valence-corrected chi connectivity index (χ1v) is 6.07. The molecule has 0 radical (unpaired) electrons. The fourth-order valence-electron chi connectivity index (χ4n) is 1.64. The van der Waals surface area contributed by atoms with E-state index in [2.05, 4.69) is 11.7 Å². The van der Waals surface area contributed by atoms with Crippen molar-refractivity contribution in [3.63, 3.8) is 0 Å². The molecule has 0 saturated heterocycles. The molecule has 0 aliphatic rings. The van der Waals surface area contributed by atoms with Crippen LogP contribution < -0.4 is 0 Å². The predicted molar refractivity (Wildman–Crippen MR) is 69.0 cm³/mol. The Kier molecular flexibility index (Phi) is 6.01. The summed E-state index contributed by atoms with van der Waals surface area (Å²) in [7, 11) is 1.40. The molecule has 0 fully saturated rings. The Morgan fingerprint density at radius 3 is 2.71 bits per heavy atom. The van der Waals surface area contributed by atoms with Crippen molar-refractivity contribution >= 4 is 17.6 Å². The van der Waals surface area contributed by atoms with Crippen LogP contribution in [0.1, 0.15) is 18.9 Å². The van der Waals surface area contributed by atoms with E-state index in [-0.39, 0.29) is 5.97 Å². The Labute approximate surface area is 107 Å². The number of hydrogen-bond acceptors (Lipinski definition) is 3. The molecule has 1 rings (SSSR count). The molecule has 1 aromatic carbocycles. The van der Waals surface area contributed by atoms with Gasteiger partial charge in [-0.2, -0.15) is 0 Å². The van der Waals surface area contributed by atoms with Crippen molar-refractivity contribution in [3.05, 3.63) is 34.9 Å². The number of benzene rings is 1. The molecule has 0 aromatic heterocycles. The minimum Gasteiger partial charge on any atom is -0.468 e. The lowest BCUT2D eigenvalue weighted by molar-refractivity contribution is -0.142. The first kappa shape index (κ1) is 14.0. The van der Waals surface area contributed by atoms with Crippen molar-refractivity contribution in [1.82, 2.24) is 4.90 Å². The van der Waals surface area contributed by atoms with Crippen LogP contribution in [0.5, 0.6) is 0 Å². The summed E-state index contributed by atoms with van der Waals surface area (Å²) in [5.41, 5.74) is 1.03. The smallest absolute Gasteiger partial charge is 0.319 e. The van der Waals surface area contributed by atoms with Crippen LogP contribution in [0.25, 0.3) is 0 Å². The second kappa shape index (κ2) is 7.30. The molecule has 0 atom stereocenters. The average Bonchev–Trinajstić information content (AvgIpc) is 2.32. The number of ether oxygens (including phenoxy) is 1. The summed E-state index contributed by atoms with van der Waals surface area (Å²) < 4.78 is 4.68. The number of carbonyl (C=O) groups is 1. The van der Waals surface area contributed by atoms with E-state index in [1.807, 2.05) is 29.2 Å². The molecular formula is C13H18ClNO2. The van der Waals surface area contributed by atoms with E-state index >= 15 is 0 Å². The lowest BCUT2D eigenvalue weighted by atomic mass is 10.2. The molecule has 0 aliphatic carbocycles. The Morgan fingerprint density at radius 2 is 2.12 bits per heavy atom. The van der Waals surface area contributed by atoms with Crippen LogP contribution >= 0.6 is 11.6 Å². The lowest BCUT2D eigenvalue weighted by Crippen LogP contribution is -2.31. The maximum atomic E-state index is 11.3. The highest BCUT2D eigenvalue weighted by atomic mass is 35.5. The van der Waals surface area contributed by atoms with Crippen LogP contribution in [-0.4, -0.2) is 31.1 Å². The van der Waals surface area contributed by atoms with Gasteiger partial charge in [0, 0.05) is 11.6 Å². The topological polar surface area (TPSA) is 29.5 Å². The molecule has 0 N–H and O–H groups in total. The van der Waals surface area contributed by atoms with Gasteiger partial charge in [-0.25, -0.2) is 0 Å². The Bertz CT molecular complexity index is 368. The van der Waals surface area contributed by atoms with Crippen molar-refractivity contribution < 1.29 is 9.53 Å². The summed E-state index contributed by atoms with van der Waals surface area (Å²) in [5, 5.41) is 0.735. The monoisotopic (exact) mass is 255 g/mol. The number of hydrogen-bond donors (Lipinski definition) is 0. The highest BCUT2D eigenvalue weighted by molar-refractivity contribution is 6.31. The van der Waals surface area contributed by atoms with Gasteiger partial charge in [0.2, 0.25) is 0 Å². The number of nitrogens with zero attached hydrogens (tertiary/aromatic N) is 1. The molecule has 0 aliphatic heterocycles. The van der Waals surface area contributed by atoms with Crippen LogP contribution in [0.2, 0.25) is 5.02 Å². The van der Waals surface area contributed by atoms with Gasteiger partial charge in [0.15, 0.2) is 0 Å². The van der Waals surface area contributed by atoms with Crippen molar-refractivity contribution in [2.45, 2.75) is 19.9 Å². The van der Waals surface area contributed by atoms with Crippen LogP contribution in [-0.2, 0) is 16.1 Å². The maximum Gasteiger partial charge on any atom is 0.319 e. The van der Waals surface area contributed by atoms with E-state index in [4.69, 9.17) is 11.6 Å². The van der Waals surface area contributed by atoms with Gasteiger partial charge in [0.25, 0.3) is 0 Å². The molecule has 0 heterocycles. The summed E-state index contributed by atoms with van der Waals surface area (Å²) in [6.45, 7) is 3.90. The number of methoxy groups -OCH3 is 1. The zero-order chi connectivity index (χ0) is 12.7. The highest BCUT2D eigenvalue weighted by Gasteiger charge is 2.11. The van der Waals surface area contributed by atoms with Gasteiger partial charge in [0.05, 0.1) is 13.7 Å². The molecule has 0 saturated carbocycles.